The minimum Gasteiger partial charge on any atom is -0.0814 e. The van der Waals surface area contributed by atoms with Gasteiger partial charge in [-0.1, -0.05) is 40.6 Å². The highest BCUT2D eigenvalue weighted by atomic mass is 33.1. The Morgan fingerprint density at radius 1 is 1.27 bits per heavy atom. The number of aryl methyl sites for hydroxylation is 2. The average molecular weight is 183 g/mol. The van der Waals surface area contributed by atoms with Crippen molar-refractivity contribution in [3.05, 3.63) is 35.4 Å². The molecule has 0 spiro atoms. The maximum absolute atomic E-state index is 4.79. The Morgan fingerprint density at radius 3 is 2.45 bits per heavy atom. The van der Waals surface area contributed by atoms with Crippen molar-refractivity contribution in [2.45, 2.75) is 13.3 Å². The van der Waals surface area contributed by atoms with Crippen LogP contribution in [0.2, 0.25) is 0 Å². The molecule has 1 radical (unpaired) electrons. The summed E-state index contributed by atoms with van der Waals surface area (Å²) in [6, 6.07) is 8.62. The van der Waals surface area contributed by atoms with Crippen LogP contribution in [0, 0.1) is 6.92 Å². The minimum atomic E-state index is 1.04. The summed E-state index contributed by atoms with van der Waals surface area (Å²) in [5.74, 6) is 1.04. The third-order valence-electron chi connectivity index (χ3n) is 1.59. The molecule has 1 aromatic rings. The van der Waals surface area contributed by atoms with E-state index in [2.05, 4.69) is 31.2 Å². The Kier molecular flexibility index (Phi) is 3.87. The van der Waals surface area contributed by atoms with Crippen LogP contribution in [0.4, 0.5) is 0 Å². The summed E-state index contributed by atoms with van der Waals surface area (Å²) >= 11 is 4.79. The van der Waals surface area contributed by atoms with Crippen LogP contribution < -0.4 is 0 Å². The molecule has 0 N–H and O–H groups in total. The van der Waals surface area contributed by atoms with E-state index in [0.29, 0.717) is 0 Å². The molecule has 2 heteroatoms. The fraction of sp³-hybridized carbons (Fsp3) is 0.333. The largest absolute Gasteiger partial charge is 0.0814 e. The minimum absolute atomic E-state index is 1.04. The van der Waals surface area contributed by atoms with Crippen LogP contribution in [0.25, 0.3) is 0 Å². The van der Waals surface area contributed by atoms with E-state index in [0.717, 1.165) is 12.2 Å². The average Bonchev–Trinajstić information content (AvgIpc) is 2.04. The van der Waals surface area contributed by atoms with Gasteiger partial charge in [-0.3, -0.25) is 0 Å². The molecule has 59 valence electrons. The second kappa shape index (κ2) is 4.73. The second-order valence-corrected chi connectivity index (χ2v) is 3.91. The first-order valence-electron chi connectivity index (χ1n) is 3.63. The van der Waals surface area contributed by atoms with Gasteiger partial charge in [-0.2, -0.15) is 0 Å². The maximum Gasteiger partial charge on any atom is 0.00859 e. The zero-order valence-electron chi connectivity index (χ0n) is 6.54. The molecular formula is C9H11S2. The molecule has 1 rings (SSSR count). The van der Waals surface area contributed by atoms with Gasteiger partial charge in [0.25, 0.3) is 0 Å². The van der Waals surface area contributed by atoms with E-state index in [-0.39, 0.29) is 0 Å². The monoisotopic (exact) mass is 183 g/mol. The van der Waals surface area contributed by atoms with Crippen molar-refractivity contribution in [1.29, 1.82) is 0 Å². The van der Waals surface area contributed by atoms with Crippen molar-refractivity contribution < 1.29 is 0 Å². The van der Waals surface area contributed by atoms with Crippen LogP contribution in [0.5, 0.6) is 0 Å². The van der Waals surface area contributed by atoms with Gasteiger partial charge < -0.3 is 0 Å². The van der Waals surface area contributed by atoms with E-state index in [4.69, 9.17) is 11.7 Å². The van der Waals surface area contributed by atoms with Crippen LogP contribution in [-0.2, 0) is 6.42 Å². The first-order chi connectivity index (χ1) is 5.33. The zero-order chi connectivity index (χ0) is 8.10. The lowest BCUT2D eigenvalue weighted by atomic mass is 10.1. The predicted octanol–water partition coefficient (Wildman–Crippen LogP) is 3.38. The van der Waals surface area contributed by atoms with Gasteiger partial charge in [0.1, 0.15) is 0 Å². The van der Waals surface area contributed by atoms with Crippen LogP contribution in [0.3, 0.4) is 0 Å². The van der Waals surface area contributed by atoms with Crippen molar-refractivity contribution >= 4 is 22.5 Å². The van der Waals surface area contributed by atoms with Crippen molar-refractivity contribution in [3.63, 3.8) is 0 Å². The third kappa shape index (κ3) is 3.21. The van der Waals surface area contributed by atoms with Gasteiger partial charge in [0.2, 0.25) is 0 Å². The molecule has 0 unspecified atom stereocenters. The predicted molar refractivity (Wildman–Crippen MR) is 54.9 cm³/mol. The quantitative estimate of drug-likeness (QED) is 0.647. The summed E-state index contributed by atoms with van der Waals surface area (Å²) in [4.78, 5) is 0. The number of rotatable bonds is 3. The highest BCUT2D eigenvalue weighted by molar-refractivity contribution is 8.68. The molecule has 0 saturated heterocycles. The zero-order valence-corrected chi connectivity index (χ0v) is 8.17. The molecule has 11 heavy (non-hydrogen) atoms. The second-order valence-electron chi connectivity index (χ2n) is 2.56. The molecule has 0 nitrogen and oxygen atoms in total. The van der Waals surface area contributed by atoms with E-state index in [1.807, 2.05) is 0 Å². The summed E-state index contributed by atoms with van der Waals surface area (Å²) in [5, 5.41) is 0. The van der Waals surface area contributed by atoms with Crippen LogP contribution >= 0.6 is 22.5 Å². The molecule has 0 saturated carbocycles. The van der Waals surface area contributed by atoms with E-state index in [1.165, 1.54) is 21.9 Å². The molecular weight excluding hydrogens is 172 g/mol. The molecule has 0 aliphatic heterocycles. The van der Waals surface area contributed by atoms with Crippen molar-refractivity contribution in [2.24, 2.45) is 0 Å². The molecule has 0 heterocycles. The van der Waals surface area contributed by atoms with E-state index in [1.54, 1.807) is 0 Å². The van der Waals surface area contributed by atoms with Crippen molar-refractivity contribution in [1.82, 2.24) is 0 Å². The summed E-state index contributed by atoms with van der Waals surface area (Å²) < 4.78 is 0. The lowest BCUT2D eigenvalue weighted by molar-refractivity contribution is 1.16. The molecule has 0 bridgehead atoms. The fourth-order valence-corrected chi connectivity index (χ4v) is 1.48. The van der Waals surface area contributed by atoms with Gasteiger partial charge in [-0.15, -0.1) is 0 Å². The smallest absolute Gasteiger partial charge is 0.00859 e. The fourth-order valence-electron chi connectivity index (χ4n) is 0.914. The Hall–Kier alpha value is -0.0800. The van der Waals surface area contributed by atoms with Crippen molar-refractivity contribution in [3.8, 4) is 0 Å². The molecule has 1 aromatic carbocycles. The molecule has 0 amide bonds. The van der Waals surface area contributed by atoms with Gasteiger partial charge >= 0.3 is 0 Å². The summed E-state index contributed by atoms with van der Waals surface area (Å²) in [6.07, 6.45) is 1.09. The van der Waals surface area contributed by atoms with Crippen LogP contribution in [-0.4, -0.2) is 5.75 Å². The molecule has 0 fully saturated rings. The van der Waals surface area contributed by atoms with Gasteiger partial charge in [0, 0.05) is 5.75 Å². The van der Waals surface area contributed by atoms with E-state index in [9.17, 15) is 0 Å². The van der Waals surface area contributed by atoms with Gasteiger partial charge in [-0.25, -0.2) is 0 Å². The van der Waals surface area contributed by atoms with Crippen LogP contribution in [0.15, 0.2) is 24.3 Å². The van der Waals surface area contributed by atoms with Gasteiger partial charge in [0.05, 0.1) is 0 Å². The summed E-state index contributed by atoms with van der Waals surface area (Å²) in [5.41, 5.74) is 2.70. The van der Waals surface area contributed by atoms with Crippen molar-refractivity contribution in [2.75, 3.05) is 5.75 Å². The van der Waals surface area contributed by atoms with E-state index < -0.39 is 0 Å². The highest BCUT2D eigenvalue weighted by Gasteiger charge is 1.90. The molecule has 0 atom stereocenters. The lowest BCUT2D eigenvalue weighted by Crippen LogP contribution is -1.85. The Labute approximate surface area is 77.2 Å². The molecule has 0 aliphatic carbocycles. The number of hydrogen-bond donors (Lipinski definition) is 0. The standard InChI is InChI=1S/C9H11S2/c1-8-2-4-9(5-3-8)6-7-11-10/h2-5H,6-7H2,1H3. The maximum atomic E-state index is 4.79. The summed E-state index contributed by atoms with van der Waals surface area (Å²) in [7, 11) is 1.48. The van der Waals surface area contributed by atoms with Gasteiger partial charge in [0.15, 0.2) is 0 Å². The Balaban J connectivity index is 2.52. The first-order valence-corrected chi connectivity index (χ1v) is 5.54. The SMILES string of the molecule is Cc1ccc(CCS[S])cc1. The van der Waals surface area contributed by atoms with E-state index >= 15 is 0 Å². The highest BCUT2D eigenvalue weighted by Crippen LogP contribution is 2.10. The van der Waals surface area contributed by atoms with Crippen LogP contribution in [0.1, 0.15) is 11.1 Å². The number of hydrogen-bond acceptors (Lipinski definition) is 1. The summed E-state index contributed by atoms with van der Waals surface area (Å²) in [6.45, 7) is 2.10. The van der Waals surface area contributed by atoms with Gasteiger partial charge in [-0.05, 0) is 30.6 Å². The molecule has 0 aliphatic rings. The Bertz CT molecular complexity index is 203. The first kappa shape index (κ1) is 9.01. The number of benzene rings is 1. The molecule has 0 aromatic heterocycles. The topological polar surface area (TPSA) is 0 Å². The lowest BCUT2D eigenvalue weighted by Gasteiger charge is -1.98. The Morgan fingerprint density at radius 2 is 1.91 bits per heavy atom. The normalized spacial score (nSPS) is 10.0. The third-order valence-corrected chi connectivity index (χ3v) is 2.47.